The fraction of sp³-hybridized carbons (Fsp3) is 0.333. The average molecular weight is 234 g/mol. The minimum Gasteiger partial charge on any atom is -0.298 e. The minimum absolute atomic E-state index is 0.0584. The van der Waals surface area contributed by atoms with Crippen LogP contribution in [0.15, 0.2) is 23.8 Å². The Hall–Kier alpha value is -0.983. The predicted octanol–water partition coefficient (Wildman–Crippen LogP) is 2.55. The SMILES string of the molecule is C[Si](C)(C)C#C[C@H]1C=CC=C(C=O)C1=S. The van der Waals surface area contributed by atoms with Crippen LogP contribution in [0.2, 0.25) is 19.6 Å². The van der Waals surface area contributed by atoms with Gasteiger partial charge in [0.25, 0.3) is 0 Å². The van der Waals surface area contributed by atoms with E-state index in [-0.39, 0.29) is 5.92 Å². The molecule has 1 aliphatic rings. The van der Waals surface area contributed by atoms with Gasteiger partial charge >= 0.3 is 0 Å². The lowest BCUT2D eigenvalue weighted by Gasteiger charge is -2.12. The van der Waals surface area contributed by atoms with Crippen LogP contribution in [0.5, 0.6) is 0 Å². The summed E-state index contributed by atoms with van der Waals surface area (Å²) in [6.45, 7) is 6.56. The molecule has 1 nitrogen and oxygen atoms in total. The summed E-state index contributed by atoms with van der Waals surface area (Å²) in [7, 11) is -1.37. The number of hydrogen-bond acceptors (Lipinski definition) is 2. The molecule has 0 heterocycles. The summed E-state index contributed by atoms with van der Waals surface area (Å²) in [4.78, 5) is 11.3. The summed E-state index contributed by atoms with van der Waals surface area (Å²) < 4.78 is 0. The van der Waals surface area contributed by atoms with E-state index in [1.54, 1.807) is 6.08 Å². The zero-order valence-electron chi connectivity index (χ0n) is 9.20. The maximum atomic E-state index is 10.7. The van der Waals surface area contributed by atoms with Crippen molar-refractivity contribution in [1.29, 1.82) is 0 Å². The van der Waals surface area contributed by atoms with E-state index in [1.165, 1.54) is 0 Å². The van der Waals surface area contributed by atoms with Gasteiger partial charge in [0, 0.05) is 10.4 Å². The zero-order valence-corrected chi connectivity index (χ0v) is 11.0. The maximum absolute atomic E-state index is 10.7. The number of aldehydes is 1. The van der Waals surface area contributed by atoms with Crippen molar-refractivity contribution >= 4 is 31.4 Å². The van der Waals surface area contributed by atoms with Gasteiger partial charge in [-0.1, -0.05) is 56.0 Å². The normalized spacial score (nSPS) is 20.3. The molecule has 1 atom stereocenters. The Morgan fingerprint density at radius 1 is 1.47 bits per heavy atom. The summed E-state index contributed by atoms with van der Waals surface area (Å²) in [6.07, 6.45) is 6.34. The van der Waals surface area contributed by atoms with Crippen LogP contribution in [-0.4, -0.2) is 19.2 Å². The zero-order chi connectivity index (χ0) is 11.5. The highest BCUT2D eigenvalue weighted by Crippen LogP contribution is 2.14. The smallest absolute Gasteiger partial charge is 0.151 e. The van der Waals surface area contributed by atoms with E-state index >= 15 is 0 Å². The molecule has 0 spiro atoms. The highest BCUT2D eigenvalue weighted by molar-refractivity contribution is 7.81. The van der Waals surface area contributed by atoms with Crippen LogP contribution in [0.25, 0.3) is 0 Å². The fourth-order valence-corrected chi connectivity index (χ4v) is 1.97. The predicted molar refractivity (Wildman–Crippen MR) is 70.5 cm³/mol. The molecule has 78 valence electrons. The molecule has 0 aliphatic heterocycles. The van der Waals surface area contributed by atoms with Crippen molar-refractivity contribution in [2.24, 2.45) is 5.92 Å². The van der Waals surface area contributed by atoms with Crippen LogP contribution in [0, 0.1) is 17.4 Å². The number of hydrogen-bond donors (Lipinski definition) is 0. The molecular weight excluding hydrogens is 220 g/mol. The van der Waals surface area contributed by atoms with Crippen molar-refractivity contribution in [2.75, 3.05) is 0 Å². The third-order valence-electron chi connectivity index (χ3n) is 1.88. The van der Waals surface area contributed by atoms with E-state index in [2.05, 4.69) is 31.1 Å². The quantitative estimate of drug-likeness (QED) is 0.300. The molecule has 0 unspecified atom stereocenters. The lowest BCUT2D eigenvalue weighted by atomic mass is 9.95. The van der Waals surface area contributed by atoms with E-state index in [4.69, 9.17) is 12.2 Å². The molecular formula is C12H14OSSi. The molecule has 0 saturated carbocycles. The average Bonchev–Trinajstić information content (AvgIpc) is 2.15. The summed E-state index contributed by atoms with van der Waals surface area (Å²) in [5.74, 6) is 3.10. The third kappa shape index (κ3) is 3.58. The third-order valence-corrected chi connectivity index (χ3v) is 3.26. The highest BCUT2D eigenvalue weighted by atomic mass is 32.1. The Morgan fingerprint density at radius 2 is 2.13 bits per heavy atom. The minimum atomic E-state index is -1.37. The first-order valence-corrected chi connectivity index (χ1v) is 8.75. The monoisotopic (exact) mass is 234 g/mol. The Morgan fingerprint density at radius 3 is 2.67 bits per heavy atom. The Balaban J connectivity index is 2.87. The van der Waals surface area contributed by atoms with E-state index in [0.29, 0.717) is 10.4 Å². The van der Waals surface area contributed by atoms with Gasteiger partial charge in [-0.25, -0.2) is 0 Å². The van der Waals surface area contributed by atoms with Gasteiger partial charge in [-0.3, -0.25) is 4.79 Å². The van der Waals surface area contributed by atoms with Crippen LogP contribution in [0.3, 0.4) is 0 Å². The van der Waals surface area contributed by atoms with Crippen LogP contribution in [-0.2, 0) is 4.79 Å². The van der Waals surface area contributed by atoms with Crippen molar-refractivity contribution in [3.63, 3.8) is 0 Å². The first kappa shape index (κ1) is 12.1. The summed E-state index contributed by atoms with van der Waals surface area (Å²) in [5.41, 5.74) is 3.86. The number of thiocarbonyl (C=S) groups is 1. The van der Waals surface area contributed by atoms with Crippen LogP contribution < -0.4 is 0 Å². The fourth-order valence-electron chi connectivity index (χ4n) is 1.12. The summed E-state index contributed by atoms with van der Waals surface area (Å²) in [5, 5.41) is 0. The van der Waals surface area contributed by atoms with Crippen LogP contribution in [0.4, 0.5) is 0 Å². The van der Waals surface area contributed by atoms with Crippen molar-refractivity contribution in [1.82, 2.24) is 0 Å². The van der Waals surface area contributed by atoms with E-state index in [1.807, 2.05) is 12.2 Å². The van der Waals surface area contributed by atoms with E-state index in [9.17, 15) is 4.79 Å². The second-order valence-electron chi connectivity index (χ2n) is 4.49. The van der Waals surface area contributed by atoms with Gasteiger partial charge < -0.3 is 0 Å². The summed E-state index contributed by atoms with van der Waals surface area (Å²) >= 11 is 5.20. The Labute approximate surface area is 97.3 Å². The molecule has 0 aromatic heterocycles. The van der Waals surface area contributed by atoms with Gasteiger partial charge in [-0.2, -0.15) is 0 Å². The molecule has 1 aliphatic carbocycles. The van der Waals surface area contributed by atoms with E-state index < -0.39 is 8.07 Å². The number of rotatable bonds is 1. The lowest BCUT2D eigenvalue weighted by Crippen LogP contribution is -2.19. The molecule has 0 fully saturated rings. The largest absolute Gasteiger partial charge is 0.298 e. The Kier molecular flexibility index (Phi) is 3.78. The molecule has 0 aromatic carbocycles. The summed E-state index contributed by atoms with van der Waals surface area (Å²) in [6, 6.07) is 0. The van der Waals surface area contributed by atoms with Crippen LogP contribution in [0.1, 0.15) is 0 Å². The first-order valence-electron chi connectivity index (χ1n) is 4.84. The molecule has 3 heteroatoms. The van der Waals surface area contributed by atoms with Gasteiger partial charge in [0.05, 0.1) is 5.92 Å². The van der Waals surface area contributed by atoms with Crippen LogP contribution >= 0.6 is 12.2 Å². The molecule has 0 saturated heterocycles. The maximum Gasteiger partial charge on any atom is 0.151 e. The Bertz CT molecular complexity index is 402. The lowest BCUT2D eigenvalue weighted by molar-refractivity contribution is -0.104. The molecule has 0 N–H and O–H groups in total. The van der Waals surface area contributed by atoms with Gasteiger partial charge in [0.2, 0.25) is 0 Å². The van der Waals surface area contributed by atoms with Gasteiger partial charge in [0.15, 0.2) is 6.29 Å². The highest BCUT2D eigenvalue weighted by Gasteiger charge is 2.16. The first-order chi connectivity index (χ1) is 6.94. The van der Waals surface area contributed by atoms with Crippen molar-refractivity contribution in [3.05, 3.63) is 23.8 Å². The molecule has 0 amide bonds. The molecule has 0 aromatic rings. The molecule has 15 heavy (non-hydrogen) atoms. The molecule has 1 rings (SSSR count). The van der Waals surface area contributed by atoms with Gasteiger partial charge in [-0.05, 0) is 0 Å². The topological polar surface area (TPSA) is 17.1 Å². The van der Waals surface area contributed by atoms with E-state index in [0.717, 1.165) is 6.29 Å². The second-order valence-corrected chi connectivity index (χ2v) is 9.68. The second kappa shape index (κ2) is 4.69. The van der Waals surface area contributed by atoms with Crippen molar-refractivity contribution in [3.8, 4) is 11.5 Å². The molecule has 0 bridgehead atoms. The molecule has 0 radical (unpaired) electrons. The number of carbonyl (C=O) groups excluding carboxylic acids is 1. The standard InChI is InChI=1S/C12H14OSSi/c1-15(2,3)8-7-10-5-4-6-11(9-13)12(10)14/h4-6,9-10H,1-3H3/t10-/m1/s1. The van der Waals surface area contributed by atoms with Crippen molar-refractivity contribution in [2.45, 2.75) is 19.6 Å². The van der Waals surface area contributed by atoms with Gasteiger partial charge in [0.1, 0.15) is 8.07 Å². The van der Waals surface area contributed by atoms with Gasteiger partial charge in [-0.15, -0.1) is 5.54 Å². The van der Waals surface area contributed by atoms with Crippen molar-refractivity contribution < 1.29 is 4.79 Å². The number of carbonyl (C=O) groups is 1. The number of allylic oxidation sites excluding steroid dienone is 4.